The topological polar surface area (TPSA) is 31.6 Å². The molecule has 0 aliphatic rings. The zero-order chi connectivity index (χ0) is 17.6. The van der Waals surface area contributed by atoms with E-state index in [1.165, 1.54) is 38.5 Å². The molecule has 2 N–H and O–H groups in total. The Bertz CT molecular complexity index is 1030. The Kier molecular flexibility index (Phi) is 3.72. The quantitative estimate of drug-likeness (QED) is 0.440. The van der Waals surface area contributed by atoms with Crippen LogP contribution in [0.5, 0.6) is 0 Å². The van der Waals surface area contributed by atoms with Gasteiger partial charge in [-0.2, -0.15) is 0 Å². The summed E-state index contributed by atoms with van der Waals surface area (Å²) in [7, 11) is 0. The van der Waals surface area contributed by atoms with Crippen molar-refractivity contribution in [3.8, 4) is 0 Å². The molecular weight excluding hydrogens is 304 g/mol. The lowest BCUT2D eigenvalue weighted by atomic mass is 9.79. The van der Waals surface area contributed by atoms with Crippen molar-refractivity contribution >= 4 is 21.8 Å². The maximum absolute atomic E-state index is 3.48. The van der Waals surface area contributed by atoms with Gasteiger partial charge in [-0.1, -0.05) is 52.0 Å². The van der Waals surface area contributed by atoms with Crippen LogP contribution < -0.4 is 0 Å². The minimum absolute atomic E-state index is 0.0745. The van der Waals surface area contributed by atoms with Gasteiger partial charge < -0.3 is 9.97 Å². The summed E-state index contributed by atoms with van der Waals surface area (Å²) in [6, 6.07) is 15.7. The Hall–Kier alpha value is -2.48. The zero-order valence-electron chi connectivity index (χ0n) is 15.5. The first-order chi connectivity index (χ1) is 11.9. The number of aromatic amines is 2. The minimum Gasteiger partial charge on any atom is -0.361 e. The molecule has 2 aromatic carbocycles. The summed E-state index contributed by atoms with van der Waals surface area (Å²) in [5, 5.41) is 2.62. The predicted octanol–water partition coefficient (Wildman–Crippen LogP) is 6.29. The van der Waals surface area contributed by atoms with Gasteiger partial charge in [-0.05, 0) is 58.0 Å². The molecule has 2 nitrogen and oxygen atoms in total. The van der Waals surface area contributed by atoms with E-state index in [1.807, 2.05) is 6.20 Å². The van der Waals surface area contributed by atoms with Crippen LogP contribution in [0.3, 0.4) is 0 Å². The van der Waals surface area contributed by atoms with Crippen molar-refractivity contribution in [2.75, 3.05) is 0 Å². The predicted molar refractivity (Wildman–Crippen MR) is 107 cm³/mol. The van der Waals surface area contributed by atoms with Gasteiger partial charge in [0.25, 0.3) is 0 Å². The molecule has 128 valence electrons. The second kappa shape index (κ2) is 5.80. The molecule has 0 saturated heterocycles. The van der Waals surface area contributed by atoms with E-state index in [-0.39, 0.29) is 5.41 Å². The molecule has 0 unspecified atom stereocenters. The maximum Gasteiger partial charge on any atom is 0.0459 e. The van der Waals surface area contributed by atoms with Crippen molar-refractivity contribution in [3.63, 3.8) is 0 Å². The lowest BCUT2D eigenvalue weighted by Crippen LogP contribution is -2.20. The van der Waals surface area contributed by atoms with Crippen LogP contribution in [0.15, 0.2) is 54.9 Å². The molecule has 0 bridgehead atoms. The number of rotatable bonds is 4. The van der Waals surface area contributed by atoms with E-state index in [4.69, 9.17) is 0 Å². The third-order valence-corrected chi connectivity index (χ3v) is 5.43. The summed E-state index contributed by atoms with van der Waals surface area (Å²) in [4.78, 5) is 6.81. The van der Waals surface area contributed by atoms with E-state index in [2.05, 4.69) is 86.3 Å². The summed E-state index contributed by atoms with van der Waals surface area (Å²) < 4.78 is 0. The minimum atomic E-state index is 0.0745. The van der Waals surface area contributed by atoms with Crippen molar-refractivity contribution in [2.24, 2.45) is 0 Å². The van der Waals surface area contributed by atoms with Gasteiger partial charge in [0.05, 0.1) is 0 Å². The van der Waals surface area contributed by atoms with Crippen LogP contribution in [0.1, 0.15) is 50.3 Å². The molecule has 4 aromatic rings. The smallest absolute Gasteiger partial charge is 0.0459 e. The molecule has 0 saturated carbocycles. The molecular formula is C23H26N2. The third-order valence-electron chi connectivity index (χ3n) is 5.43. The molecule has 0 atom stereocenters. The highest BCUT2D eigenvalue weighted by Gasteiger charge is 2.23. The Balaban J connectivity index is 1.69. The van der Waals surface area contributed by atoms with E-state index in [1.54, 1.807) is 0 Å². The third kappa shape index (κ3) is 2.86. The van der Waals surface area contributed by atoms with Crippen molar-refractivity contribution in [1.82, 2.24) is 9.97 Å². The Labute approximate surface area is 149 Å². The van der Waals surface area contributed by atoms with Crippen molar-refractivity contribution in [1.29, 1.82) is 0 Å². The number of fused-ring (bicyclic) bond motifs is 2. The van der Waals surface area contributed by atoms with Crippen LogP contribution in [-0.2, 0) is 11.8 Å². The molecule has 0 aliphatic heterocycles. The number of benzene rings is 2. The number of hydrogen-bond acceptors (Lipinski definition) is 0. The Morgan fingerprint density at radius 1 is 0.920 bits per heavy atom. The van der Waals surface area contributed by atoms with E-state index >= 15 is 0 Å². The monoisotopic (exact) mass is 330 g/mol. The molecule has 0 amide bonds. The maximum atomic E-state index is 3.48. The molecule has 4 rings (SSSR count). The summed E-state index contributed by atoms with van der Waals surface area (Å²) in [6.07, 6.45) is 5.21. The van der Waals surface area contributed by atoms with Gasteiger partial charge in [0, 0.05) is 28.8 Å². The van der Waals surface area contributed by atoms with E-state index in [0.717, 1.165) is 6.42 Å². The van der Waals surface area contributed by atoms with Crippen LogP contribution in [0.2, 0.25) is 0 Å². The number of hydrogen-bond donors (Lipinski definition) is 2. The van der Waals surface area contributed by atoms with Gasteiger partial charge in [-0.25, -0.2) is 0 Å². The molecule has 2 aromatic heterocycles. The highest BCUT2D eigenvalue weighted by Crippen LogP contribution is 2.33. The number of aromatic nitrogens is 2. The van der Waals surface area contributed by atoms with Gasteiger partial charge in [0.15, 0.2) is 0 Å². The van der Waals surface area contributed by atoms with E-state index in [0.29, 0.717) is 5.92 Å². The first-order valence-corrected chi connectivity index (χ1v) is 9.11. The first-order valence-electron chi connectivity index (χ1n) is 9.11. The largest absolute Gasteiger partial charge is 0.361 e. The van der Waals surface area contributed by atoms with Crippen LogP contribution >= 0.6 is 0 Å². The summed E-state index contributed by atoms with van der Waals surface area (Å²) in [5.74, 6) is 0.556. The van der Waals surface area contributed by atoms with Gasteiger partial charge >= 0.3 is 0 Å². The highest BCUT2D eigenvalue weighted by atomic mass is 14.7. The summed E-state index contributed by atoms with van der Waals surface area (Å²) in [5.41, 5.74) is 6.68. The van der Waals surface area contributed by atoms with Crippen molar-refractivity contribution in [3.05, 3.63) is 71.5 Å². The fourth-order valence-electron chi connectivity index (χ4n) is 3.76. The normalized spacial score (nSPS) is 12.5. The van der Waals surface area contributed by atoms with Gasteiger partial charge in [-0.15, -0.1) is 0 Å². The summed E-state index contributed by atoms with van der Waals surface area (Å²) in [6.45, 7) is 9.15. The fourth-order valence-corrected chi connectivity index (χ4v) is 3.76. The average Bonchev–Trinajstić information content (AvgIpc) is 3.20. The second-order valence-electron chi connectivity index (χ2n) is 8.11. The molecule has 0 aliphatic carbocycles. The molecule has 0 radical (unpaired) electrons. The number of nitrogens with one attached hydrogen (secondary N) is 2. The van der Waals surface area contributed by atoms with Gasteiger partial charge in [0.1, 0.15) is 0 Å². The molecule has 0 spiro atoms. The average molecular weight is 330 g/mol. The zero-order valence-corrected chi connectivity index (χ0v) is 15.5. The van der Waals surface area contributed by atoms with E-state index < -0.39 is 0 Å². The number of H-pyrrole nitrogens is 2. The Morgan fingerprint density at radius 2 is 1.76 bits per heavy atom. The summed E-state index contributed by atoms with van der Waals surface area (Å²) >= 11 is 0. The van der Waals surface area contributed by atoms with Gasteiger partial charge in [0.2, 0.25) is 0 Å². The molecule has 0 fully saturated rings. The van der Waals surface area contributed by atoms with Crippen LogP contribution in [0.4, 0.5) is 0 Å². The van der Waals surface area contributed by atoms with Crippen LogP contribution in [-0.4, -0.2) is 9.97 Å². The molecule has 25 heavy (non-hydrogen) atoms. The van der Waals surface area contributed by atoms with Crippen LogP contribution in [0.25, 0.3) is 21.8 Å². The van der Waals surface area contributed by atoms with Crippen molar-refractivity contribution < 1.29 is 0 Å². The van der Waals surface area contributed by atoms with Gasteiger partial charge in [-0.3, -0.25) is 0 Å². The van der Waals surface area contributed by atoms with Crippen LogP contribution in [0, 0.1) is 0 Å². The molecule has 2 heteroatoms. The van der Waals surface area contributed by atoms with Crippen molar-refractivity contribution in [2.45, 2.75) is 45.4 Å². The second-order valence-corrected chi connectivity index (χ2v) is 8.11. The fraction of sp³-hybridized carbons (Fsp3) is 0.304. The lowest BCUT2D eigenvalue weighted by molar-refractivity contribution is 0.525. The lowest BCUT2D eigenvalue weighted by Gasteiger charge is -2.25. The first kappa shape index (κ1) is 16.0. The molecule has 2 heterocycles. The SMILES string of the molecule is CC(C)c1ccc2c(CC(C)(C)c3ccc4cc[nH]c4c3)c[nH]c2c1. The Morgan fingerprint density at radius 3 is 2.56 bits per heavy atom. The standard InChI is InChI=1S/C23H26N2/c1-15(2)17-6-8-20-18(14-25-22(20)11-17)13-23(3,4)19-7-5-16-9-10-24-21(16)12-19/h5-12,14-15,24-25H,13H2,1-4H3. The van der Waals surface area contributed by atoms with E-state index in [9.17, 15) is 0 Å². The highest BCUT2D eigenvalue weighted by molar-refractivity contribution is 5.84.